The van der Waals surface area contributed by atoms with Gasteiger partial charge in [-0.1, -0.05) is 58.0 Å². The molecule has 2 aliphatic rings. The van der Waals surface area contributed by atoms with Crippen LogP contribution in [0.3, 0.4) is 0 Å². The predicted octanol–water partition coefficient (Wildman–Crippen LogP) is 1.59. The van der Waals surface area contributed by atoms with Crippen LogP contribution in [0.1, 0.15) is 59.4 Å². The molecular formula is C28H42N4O5. The van der Waals surface area contributed by atoms with Gasteiger partial charge in [0.2, 0.25) is 17.7 Å². The van der Waals surface area contributed by atoms with Gasteiger partial charge in [-0.15, -0.1) is 0 Å². The smallest absolute Gasteiger partial charge is 0.243 e. The zero-order valence-corrected chi connectivity index (χ0v) is 22.7. The molecule has 0 saturated carbocycles. The molecule has 1 aromatic rings. The van der Waals surface area contributed by atoms with Crippen LogP contribution in [-0.4, -0.2) is 77.9 Å². The fourth-order valence-corrected chi connectivity index (χ4v) is 4.65. The van der Waals surface area contributed by atoms with Crippen molar-refractivity contribution >= 4 is 23.5 Å². The number of nitrogens with zero attached hydrogens (tertiary/aromatic N) is 1. The maximum Gasteiger partial charge on any atom is 0.243 e. The van der Waals surface area contributed by atoms with Crippen molar-refractivity contribution < 1.29 is 23.9 Å². The van der Waals surface area contributed by atoms with Gasteiger partial charge in [0.1, 0.15) is 17.7 Å². The quantitative estimate of drug-likeness (QED) is 0.344. The van der Waals surface area contributed by atoms with E-state index in [1.54, 1.807) is 11.8 Å². The first kappa shape index (κ1) is 28.8. The first-order chi connectivity index (χ1) is 17.5. The van der Waals surface area contributed by atoms with Gasteiger partial charge in [-0.2, -0.15) is 0 Å². The normalized spacial score (nSPS) is 22.6. The third-order valence-corrected chi connectivity index (χ3v) is 6.89. The molecule has 204 valence electrons. The highest BCUT2D eigenvalue weighted by atomic mass is 16.6. The van der Waals surface area contributed by atoms with Gasteiger partial charge < -0.3 is 25.6 Å². The van der Waals surface area contributed by atoms with Crippen molar-refractivity contribution in [2.75, 3.05) is 19.7 Å². The number of Topliss-reactive ketones (excluding diaryl/α,β-unsaturated/α-hetero) is 1. The molecule has 0 spiro atoms. The van der Waals surface area contributed by atoms with Crippen LogP contribution < -0.4 is 16.0 Å². The Morgan fingerprint density at radius 3 is 2.32 bits per heavy atom. The Morgan fingerprint density at radius 1 is 1.05 bits per heavy atom. The Kier molecular flexibility index (Phi) is 9.84. The summed E-state index contributed by atoms with van der Waals surface area (Å²) in [5, 5.41) is 8.91. The molecule has 1 unspecified atom stereocenters. The van der Waals surface area contributed by atoms with Gasteiger partial charge in [0, 0.05) is 19.0 Å². The van der Waals surface area contributed by atoms with E-state index in [-0.39, 0.29) is 42.5 Å². The number of carbonyl (C=O) groups excluding carboxylic acids is 4. The molecule has 9 nitrogen and oxygen atoms in total. The maximum absolute atomic E-state index is 13.5. The predicted molar refractivity (Wildman–Crippen MR) is 141 cm³/mol. The minimum Gasteiger partial charge on any atom is -0.361 e. The maximum atomic E-state index is 13.5. The highest BCUT2D eigenvalue weighted by molar-refractivity contribution is 5.98. The summed E-state index contributed by atoms with van der Waals surface area (Å²) in [7, 11) is 0. The molecule has 2 heterocycles. The van der Waals surface area contributed by atoms with E-state index in [0.29, 0.717) is 26.0 Å². The SMILES string of the molecule is CC(C)CC(NC(=O)[C@H](Cc1ccccc1)NC(=O)[C@@H]1CCCN1C(=O)CNC(C)C)C(=O)[C@@]1(C)CO1. The number of likely N-dealkylation sites (tertiary alicyclic amines) is 1. The molecule has 2 fully saturated rings. The van der Waals surface area contributed by atoms with Crippen molar-refractivity contribution in [2.24, 2.45) is 5.92 Å². The zero-order valence-electron chi connectivity index (χ0n) is 22.7. The van der Waals surface area contributed by atoms with Crippen LogP contribution in [0.5, 0.6) is 0 Å². The fraction of sp³-hybridized carbons (Fsp3) is 0.643. The summed E-state index contributed by atoms with van der Waals surface area (Å²) in [5.74, 6) is -0.870. The number of carbonyl (C=O) groups is 4. The summed E-state index contributed by atoms with van der Waals surface area (Å²) >= 11 is 0. The van der Waals surface area contributed by atoms with Crippen molar-refractivity contribution in [3.63, 3.8) is 0 Å². The van der Waals surface area contributed by atoms with Crippen molar-refractivity contribution in [1.82, 2.24) is 20.9 Å². The third-order valence-electron chi connectivity index (χ3n) is 6.89. The Bertz CT molecular complexity index is 961. The summed E-state index contributed by atoms with van der Waals surface area (Å²) in [6.07, 6.45) is 2.02. The molecule has 1 aromatic carbocycles. The Balaban J connectivity index is 1.74. The summed E-state index contributed by atoms with van der Waals surface area (Å²) in [6.45, 7) is 10.7. The van der Waals surface area contributed by atoms with E-state index in [1.807, 2.05) is 58.0 Å². The molecule has 0 aromatic heterocycles. The van der Waals surface area contributed by atoms with Crippen LogP contribution in [0.25, 0.3) is 0 Å². The zero-order chi connectivity index (χ0) is 27.2. The lowest BCUT2D eigenvalue weighted by atomic mass is 9.93. The number of rotatable bonds is 13. The summed E-state index contributed by atoms with van der Waals surface area (Å²) in [6, 6.07) is 7.36. The average molecular weight is 515 g/mol. The molecule has 2 saturated heterocycles. The molecule has 0 bridgehead atoms. The van der Waals surface area contributed by atoms with Gasteiger partial charge in [0.15, 0.2) is 5.78 Å². The number of epoxide rings is 1. The summed E-state index contributed by atoms with van der Waals surface area (Å²) < 4.78 is 5.35. The number of nitrogens with one attached hydrogen (secondary N) is 3. The van der Waals surface area contributed by atoms with Gasteiger partial charge in [0.25, 0.3) is 0 Å². The third kappa shape index (κ3) is 8.10. The minimum absolute atomic E-state index is 0.129. The molecular weight excluding hydrogens is 472 g/mol. The summed E-state index contributed by atoms with van der Waals surface area (Å²) in [5.41, 5.74) is 0.0207. The van der Waals surface area contributed by atoms with Gasteiger partial charge in [-0.3, -0.25) is 19.2 Å². The van der Waals surface area contributed by atoms with E-state index in [4.69, 9.17) is 4.74 Å². The highest BCUT2D eigenvalue weighted by Gasteiger charge is 2.50. The van der Waals surface area contributed by atoms with Crippen molar-refractivity contribution in [3.05, 3.63) is 35.9 Å². The highest BCUT2D eigenvalue weighted by Crippen LogP contribution is 2.29. The average Bonchev–Trinajstić information content (AvgIpc) is 3.40. The first-order valence-corrected chi connectivity index (χ1v) is 13.4. The molecule has 0 aliphatic carbocycles. The molecule has 3 N–H and O–H groups in total. The number of hydrogen-bond donors (Lipinski definition) is 3. The molecule has 37 heavy (non-hydrogen) atoms. The second kappa shape index (κ2) is 12.6. The minimum atomic E-state index is -0.892. The monoisotopic (exact) mass is 514 g/mol. The van der Waals surface area contributed by atoms with E-state index >= 15 is 0 Å². The first-order valence-electron chi connectivity index (χ1n) is 13.4. The lowest BCUT2D eigenvalue weighted by Gasteiger charge is -2.28. The second-order valence-electron chi connectivity index (χ2n) is 11.1. The van der Waals surface area contributed by atoms with Crippen LogP contribution in [0.2, 0.25) is 0 Å². The number of hydrogen-bond acceptors (Lipinski definition) is 6. The topological polar surface area (TPSA) is 120 Å². The van der Waals surface area contributed by atoms with Crippen molar-refractivity contribution in [3.8, 4) is 0 Å². The Labute approximate surface area is 220 Å². The lowest BCUT2D eigenvalue weighted by molar-refractivity contribution is -0.139. The molecule has 2 aliphatic heterocycles. The van der Waals surface area contributed by atoms with Crippen molar-refractivity contribution in [2.45, 2.75) is 90.1 Å². The van der Waals surface area contributed by atoms with Crippen LogP contribution in [0, 0.1) is 5.92 Å². The van der Waals surface area contributed by atoms with Crippen molar-refractivity contribution in [1.29, 1.82) is 0 Å². The largest absolute Gasteiger partial charge is 0.361 e. The molecule has 4 atom stereocenters. The number of ether oxygens (including phenoxy) is 1. The van der Waals surface area contributed by atoms with E-state index in [9.17, 15) is 19.2 Å². The molecule has 3 rings (SSSR count). The Hall–Kier alpha value is -2.78. The van der Waals surface area contributed by atoms with Crippen LogP contribution in [-0.2, 0) is 30.3 Å². The van der Waals surface area contributed by atoms with Gasteiger partial charge >= 0.3 is 0 Å². The lowest BCUT2D eigenvalue weighted by Crippen LogP contribution is -2.57. The number of ketones is 1. The van der Waals surface area contributed by atoms with Crippen LogP contribution in [0.15, 0.2) is 30.3 Å². The molecule has 0 radical (unpaired) electrons. The molecule has 9 heteroatoms. The van der Waals surface area contributed by atoms with Crippen LogP contribution in [0.4, 0.5) is 0 Å². The Morgan fingerprint density at radius 2 is 1.73 bits per heavy atom. The van der Waals surface area contributed by atoms with E-state index in [0.717, 1.165) is 12.0 Å². The number of amides is 3. The van der Waals surface area contributed by atoms with E-state index in [2.05, 4.69) is 16.0 Å². The molecule has 3 amide bonds. The second-order valence-corrected chi connectivity index (χ2v) is 11.1. The van der Waals surface area contributed by atoms with Gasteiger partial charge in [-0.25, -0.2) is 0 Å². The summed E-state index contributed by atoms with van der Waals surface area (Å²) in [4.78, 5) is 54.3. The van der Waals surface area contributed by atoms with Crippen LogP contribution >= 0.6 is 0 Å². The standard InChI is InChI=1S/C28H42N4O5/c1-18(2)14-21(25(34)28(5)17-37-28)30-26(35)22(15-20-10-7-6-8-11-20)31-27(36)23-12-9-13-32(23)24(33)16-29-19(3)4/h6-8,10-11,18-19,21-23,29H,9,12-17H2,1-5H3,(H,30,35)(H,31,36)/t21?,22-,23-,28+/m0/s1. The van der Waals surface area contributed by atoms with Gasteiger partial charge in [-0.05, 0) is 37.7 Å². The van der Waals surface area contributed by atoms with E-state index < -0.39 is 29.6 Å². The fourth-order valence-electron chi connectivity index (χ4n) is 4.65. The van der Waals surface area contributed by atoms with Gasteiger partial charge in [0.05, 0.1) is 19.2 Å². The van der Waals surface area contributed by atoms with E-state index in [1.165, 1.54) is 0 Å². The number of benzene rings is 1.